The van der Waals surface area contributed by atoms with Crippen molar-refractivity contribution >= 4 is 29.6 Å². The fourth-order valence-electron chi connectivity index (χ4n) is 3.21. The van der Waals surface area contributed by atoms with Gasteiger partial charge in [0.15, 0.2) is 0 Å². The maximum Gasteiger partial charge on any atom is 0.302 e. The lowest BCUT2D eigenvalue weighted by atomic mass is 9.92. The van der Waals surface area contributed by atoms with Crippen molar-refractivity contribution in [2.75, 3.05) is 19.0 Å². The fraction of sp³-hybridized carbons (Fsp3) is 0.625. The Bertz CT molecular complexity index is 672. The zero-order valence-electron chi connectivity index (χ0n) is 19.3. The predicted molar refractivity (Wildman–Crippen MR) is 124 cm³/mol. The van der Waals surface area contributed by atoms with Gasteiger partial charge in [0.1, 0.15) is 18.8 Å². The molecule has 1 amide bonds. The van der Waals surface area contributed by atoms with Crippen LogP contribution in [0.1, 0.15) is 71.8 Å². The van der Waals surface area contributed by atoms with Gasteiger partial charge >= 0.3 is 11.9 Å². The Hall–Kier alpha value is -2.02. The van der Waals surface area contributed by atoms with Crippen LogP contribution in [0.5, 0.6) is 0 Å². The molecule has 1 rings (SSSR count). The van der Waals surface area contributed by atoms with E-state index in [0.29, 0.717) is 12.8 Å². The molecule has 31 heavy (non-hydrogen) atoms. The monoisotopic (exact) mass is 451 g/mol. The molecule has 1 N–H and O–H groups in total. The van der Waals surface area contributed by atoms with Crippen molar-refractivity contribution in [3.63, 3.8) is 0 Å². The normalized spacial score (nSPS) is 11.1. The number of aryl methyl sites for hydroxylation is 1. The molecule has 0 atom stereocenters. The summed E-state index contributed by atoms with van der Waals surface area (Å²) in [6.07, 6.45) is 7.52. The van der Waals surface area contributed by atoms with Gasteiger partial charge in [-0.15, -0.1) is 11.8 Å². The molecule has 0 saturated heterocycles. The largest absolute Gasteiger partial charge is 0.463 e. The van der Waals surface area contributed by atoms with E-state index in [1.807, 2.05) is 11.8 Å². The lowest BCUT2D eigenvalue weighted by molar-refractivity contribution is -0.150. The van der Waals surface area contributed by atoms with E-state index in [9.17, 15) is 14.4 Å². The third-order valence-electron chi connectivity index (χ3n) is 4.88. The molecule has 0 aliphatic heterocycles. The quantitative estimate of drug-likeness (QED) is 0.237. The number of esters is 2. The summed E-state index contributed by atoms with van der Waals surface area (Å²) in [5.41, 5.74) is 0.141. The topological polar surface area (TPSA) is 81.7 Å². The number of rotatable bonds is 15. The Morgan fingerprint density at radius 1 is 0.903 bits per heavy atom. The van der Waals surface area contributed by atoms with Crippen LogP contribution in [0, 0.1) is 0 Å². The molecule has 1 aromatic rings. The number of hydrogen-bond acceptors (Lipinski definition) is 6. The minimum Gasteiger partial charge on any atom is -0.463 e. The summed E-state index contributed by atoms with van der Waals surface area (Å²) in [5, 5.41) is 2.84. The first-order valence-corrected chi connectivity index (χ1v) is 12.0. The summed E-state index contributed by atoms with van der Waals surface area (Å²) in [7, 11) is 0. The van der Waals surface area contributed by atoms with Gasteiger partial charge in [0.05, 0.1) is 0 Å². The second-order valence-corrected chi connectivity index (χ2v) is 9.10. The number of carbonyl (C=O) groups is 3. The second kappa shape index (κ2) is 14.9. The number of benzene rings is 1. The highest BCUT2D eigenvalue weighted by Gasteiger charge is 2.34. The standard InChI is InChI=1S/C24H37NO5S/c1-5-6-7-8-9-16-31-23-12-10-22(11-13-23)14-15-24(25-19(2)26,17-29-20(3)27)18-30-21(4)28/h10-13H,5-9,14-18H2,1-4H3,(H,25,26). The number of unbranched alkanes of at least 4 members (excludes halogenated alkanes) is 4. The molecule has 174 valence electrons. The Morgan fingerprint density at radius 2 is 1.48 bits per heavy atom. The highest BCUT2D eigenvalue weighted by molar-refractivity contribution is 7.99. The molecule has 7 heteroatoms. The number of amides is 1. The second-order valence-electron chi connectivity index (χ2n) is 7.93. The molecule has 0 bridgehead atoms. The third-order valence-corrected chi connectivity index (χ3v) is 5.98. The molecule has 0 fully saturated rings. The average molecular weight is 452 g/mol. The van der Waals surface area contributed by atoms with Crippen LogP contribution in [0.3, 0.4) is 0 Å². The highest BCUT2D eigenvalue weighted by Crippen LogP contribution is 2.23. The number of thioether (sulfide) groups is 1. The molecule has 0 aliphatic rings. The summed E-state index contributed by atoms with van der Waals surface area (Å²) < 4.78 is 10.4. The van der Waals surface area contributed by atoms with Crippen molar-refractivity contribution in [3.8, 4) is 0 Å². The molecule has 0 saturated carbocycles. The van der Waals surface area contributed by atoms with E-state index < -0.39 is 17.5 Å². The minimum absolute atomic E-state index is 0.0544. The summed E-state index contributed by atoms with van der Waals surface area (Å²) in [6.45, 7) is 6.13. The first-order chi connectivity index (χ1) is 14.8. The van der Waals surface area contributed by atoms with Crippen LogP contribution in [0.25, 0.3) is 0 Å². The summed E-state index contributed by atoms with van der Waals surface area (Å²) in [6, 6.07) is 8.39. The van der Waals surface area contributed by atoms with Crippen LogP contribution < -0.4 is 5.32 Å². The Kier molecular flexibility index (Phi) is 13.0. The fourth-order valence-corrected chi connectivity index (χ4v) is 4.12. The first kappa shape index (κ1) is 27.0. The van der Waals surface area contributed by atoms with Crippen molar-refractivity contribution in [3.05, 3.63) is 29.8 Å². The Morgan fingerprint density at radius 3 is 2.00 bits per heavy atom. The van der Waals surface area contributed by atoms with Crippen LogP contribution >= 0.6 is 11.8 Å². The van der Waals surface area contributed by atoms with E-state index in [2.05, 4.69) is 36.5 Å². The van der Waals surface area contributed by atoms with Gasteiger partial charge in [0.2, 0.25) is 5.91 Å². The average Bonchev–Trinajstić information content (AvgIpc) is 2.72. The van der Waals surface area contributed by atoms with Gasteiger partial charge in [-0.05, 0) is 42.7 Å². The molecule has 1 aromatic carbocycles. The lowest BCUT2D eigenvalue weighted by Gasteiger charge is -2.33. The van der Waals surface area contributed by atoms with Crippen molar-refractivity contribution in [2.45, 2.75) is 83.1 Å². The SMILES string of the molecule is CCCCCCCSc1ccc(CCC(COC(C)=O)(COC(C)=O)NC(C)=O)cc1. The molecular weight excluding hydrogens is 414 g/mol. The van der Waals surface area contributed by atoms with E-state index in [-0.39, 0.29) is 19.1 Å². The van der Waals surface area contributed by atoms with Gasteiger partial charge in [0, 0.05) is 25.7 Å². The van der Waals surface area contributed by atoms with Crippen molar-refractivity contribution < 1.29 is 23.9 Å². The molecule has 0 radical (unpaired) electrons. The molecule has 0 unspecified atom stereocenters. The zero-order chi connectivity index (χ0) is 23.1. The van der Waals surface area contributed by atoms with Gasteiger partial charge < -0.3 is 14.8 Å². The maximum atomic E-state index is 11.8. The van der Waals surface area contributed by atoms with Crippen LogP contribution in [0.15, 0.2) is 29.2 Å². The molecular formula is C24H37NO5S. The number of carbonyl (C=O) groups excluding carboxylic acids is 3. The molecule has 6 nitrogen and oxygen atoms in total. The van der Waals surface area contributed by atoms with E-state index in [0.717, 1.165) is 11.3 Å². The van der Waals surface area contributed by atoms with Gasteiger partial charge in [-0.3, -0.25) is 14.4 Å². The van der Waals surface area contributed by atoms with Crippen molar-refractivity contribution in [2.24, 2.45) is 0 Å². The minimum atomic E-state index is -0.963. The first-order valence-electron chi connectivity index (χ1n) is 11.0. The van der Waals surface area contributed by atoms with Crippen LogP contribution in [-0.4, -0.2) is 42.4 Å². The maximum absolute atomic E-state index is 11.8. The van der Waals surface area contributed by atoms with Gasteiger partial charge in [-0.2, -0.15) is 0 Å². The molecule has 0 heterocycles. The number of hydrogen-bond donors (Lipinski definition) is 1. The van der Waals surface area contributed by atoms with Crippen LogP contribution in [0.4, 0.5) is 0 Å². The number of ether oxygens (including phenoxy) is 2. The lowest BCUT2D eigenvalue weighted by Crippen LogP contribution is -2.55. The molecule has 0 spiro atoms. The molecule has 0 aromatic heterocycles. The Labute approximate surface area is 190 Å². The summed E-state index contributed by atoms with van der Waals surface area (Å²) in [5.74, 6) is -0.0494. The summed E-state index contributed by atoms with van der Waals surface area (Å²) >= 11 is 1.87. The summed E-state index contributed by atoms with van der Waals surface area (Å²) in [4.78, 5) is 35.7. The van der Waals surface area contributed by atoms with E-state index >= 15 is 0 Å². The zero-order valence-corrected chi connectivity index (χ0v) is 20.1. The Balaban J connectivity index is 2.69. The number of nitrogens with one attached hydrogen (secondary N) is 1. The van der Waals surface area contributed by atoms with Crippen molar-refractivity contribution in [1.29, 1.82) is 0 Å². The molecule has 0 aliphatic carbocycles. The van der Waals surface area contributed by atoms with Crippen LogP contribution in [0.2, 0.25) is 0 Å². The predicted octanol–water partition coefficient (Wildman–Crippen LogP) is 4.68. The van der Waals surface area contributed by atoms with E-state index in [1.54, 1.807) is 0 Å². The smallest absolute Gasteiger partial charge is 0.302 e. The highest BCUT2D eigenvalue weighted by atomic mass is 32.2. The van der Waals surface area contributed by atoms with Crippen molar-refractivity contribution in [1.82, 2.24) is 5.32 Å². The third kappa shape index (κ3) is 12.4. The van der Waals surface area contributed by atoms with E-state index in [1.165, 1.54) is 57.8 Å². The van der Waals surface area contributed by atoms with Crippen LogP contribution in [-0.2, 0) is 30.3 Å². The van der Waals surface area contributed by atoms with Gasteiger partial charge in [-0.25, -0.2) is 0 Å². The van der Waals surface area contributed by atoms with E-state index in [4.69, 9.17) is 9.47 Å². The van der Waals surface area contributed by atoms with Gasteiger partial charge in [-0.1, -0.05) is 44.7 Å². The van der Waals surface area contributed by atoms with Gasteiger partial charge in [0.25, 0.3) is 0 Å².